The summed E-state index contributed by atoms with van der Waals surface area (Å²) in [5, 5.41) is 11.7. The highest BCUT2D eigenvalue weighted by Crippen LogP contribution is 2.29. The summed E-state index contributed by atoms with van der Waals surface area (Å²) in [5.41, 5.74) is 0. The predicted octanol–water partition coefficient (Wildman–Crippen LogP) is 22.8. The van der Waals surface area contributed by atoms with Gasteiger partial charge in [0.25, 0.3) is 0 Å². The molecule has 6 nitrogen and oxygen atoms in total. The quantitative estimate of drug-likeness (QED) is 0.0612. The van der Waals surface area contributed by atoms with Crippen molar-refractivity contribution in [3.8, 4) is 0 Å². The molecule has 1 saturated heterocycles. The van der Waals surface area contributed by atoms with Crippen LogP contribution in [0.1, 0.15) is 387 Å². The first-order chi connectivity index (χ1) is 37.7. The highest BCUT2D eigenvalue weighted by molar-refractivity contribution is 4.92. The fraction of sp³-hybridized carbons (Fsp3) is 1.00. The number of unbranched alkanes of at least 4 members (excludes halogenated alkanes) is 52. The Kier molecular flexibility index (Phi) is 60.5. The van der Waals surface area contributed by atoms with E-state index >= 15 is 0 Å². The SMILES string of the molecule is CCCCCCCCCCCCCCCCOC[C@H]1O[C@@H](O)[C@@H](OCCCCCCCCCCCCCCCC)[C@@H](OCCCCCCCCCCCCCCCC)[C@@H]1OCCCCCCCCCCCCCCCC. The van der Waals surface area contributed by atoms with Gasteiger partial charge in [-0.1, -0.05) is 362 Å². The third kappa shape index (κ3) is 49.6. The molecule has 0 aromatic rings. The molecule has 1 heterocycles. The average molecular weight is 1080 g/mol. The lowest BCUT2D eigenvalue weighted by Gasteiger charge is -2.44. The zero-order valence-corrected chi connectivity index (χ0v) is 52.5. The van der Waals surface area contributed by atoms with Crippen LogP contribution in [-0.4, -0.2) is 68.8 Å². The summed E-state index contributed by atoms with van der Waals surface area (Å²) in [6.45, 7) is 12.3. The summed E-state index contributed by atoms with van der Waals surface area (Å²) in [6.07, 6.45) is 72.5. The zero-order valence-electron chi connectivity index (χ0n) is 52.5. The van der Waals surface area contributed by atoms with E-state index in [9.17, 15) is 5.11 Å². The third-order valence-electron chi connectivity index (χ3n) is 17.0. The van der Waals surface area contributed by atoms with E-state index in [2.05, 4.69) is 27.7 Å². The van der Waals surface area contributed by atoms with Crippen molar-refractivity contribution in [2.75, 3.05) is 33.0 Å². The molecule has 1 rings (SSSR count). The molecule has 1 N–H and O–H groups in total. The molecular formula is C70H140O6. The molecule has 5 atom stereocenters. The highest BCUT2D eigenvalue weighted by atomic mass is 16.7. The third-order valence-corrected chi connectivity index (χ3v) is 17.0. The average Bonchev–Trinajstić information content (AvgIpc) is 3.43. The van der Waals surface area contributed by atoms with Gasteiger partial charge in [-0.3, -0.25) is 0 Å². The van der Waals surface area contributed by atoms with E-state index in [0.717, 1.165) is 32.3 Å². The van der Waals surface area contributed by atoms with Gasteiger partial charge < -0.3 is 28.8 Å². The van der Waals surface area contributed by atoms with Crippen molar-refractivity contribution in [3.63, 3.8) is 0 Å². The largest absolute Gasteiger partial charge is 0.379 e. The molecule has 1 fully saturated rings. The topological polar surface area (TPSA) is 66.4 Å². The van der Waals surface area contributed by atoms with Crippen molar-refractivity contribution >= 4 is 0 Å². The van der Waals surface area contributed by atoms with Gasteiger partial charge in [0.1, 0.15) is 24.4 Å². The first kappa shape index (κ1) is 73.8. The van der Waals surface area contributed by atoms with E-state index in [1.807, 2.05) is 0 Å². The lowest BCUT2D eigenvalue weighted by Crippen LogP contribution is -2.61. The summed E-state index contributed by atoms with van der Waals surface area (Å²) < 4.78 is 33.1. The van der Waals surface area contributed by atoms with Crippen LogP contribution in [0.3, 0.4) is 0 Å². The Balaban J connectivity index is 2.72. The molecule has 1 aliphatic rings. The zero-order chi connectivity index (χ0) is 54.6. The number of hydrogen-bond acceptors (Lipinski definition) is 6. The molecule has 76 heavy (non-hydrogen) atoms. The highest BCUT2D eigenvalue weighted by Gasteiger charge is 2.47. The van der Waals surface area contributed by atoms with Gasteiger partial charge in [0.15, 0.2) is 6.29 Å². The Morgan fingerprint density at radius 1 is 0.237 bits per heavy atom. The van der Waals surface area contributed by atoms with Crippen LogP contribution in [0.5, 0.6) is 0 Å². The van der Waals surface area contributed by atoms with E-state index in [4.69, 9.17) is 23.7 Å². The van der Waals surface area contributed by atoms with Gasteiger partial charge in [-0.15, -0.1) is 0 Å². The molecule has 6 heteroatoms. The first-order valence-electron chi connectivity index (χ1n) is 35.5. The molecule has 0 aromatic carbocycles. The van der Waals surface area contributed by atoms with Crippen LogP contribution < -0.4 is 0 Å². The Bertz CT molecular complexity index is 1060. The maximum Gasteiger partial charge on any atom is 0.184 e. The molecule has 0 radical (unpaired) electrons. The smallest absolute Gasteiger partial charge is 0.184 e. The summed E-state index contributed by atoms with van der Waals surface area (Å²) in [6, 6.07) is 0. The van der Waals surface area contributed by atoms with Crippen molar-refractivity contribution < 1.29 is 28.8 Å². The Morgan fingerprint density at radius 2 is 0.434 bits per heavy atom. The number of aliphatic hydroxyl groups is 1. The molecule has 0 bridgehead atoms. The lowest BCUT2D eigenvalue weighted by molar-refractivity contribution is -0.312. The summed E-state index contributed by atoms with van der Waals surface area (Å²) >= 11 is 0. The Hall–Kier alpha value is -0.240. The molecule has 0 spiro atoms. The van der Waals surface area contributed by atoms with E-state index in [1.54, 1.807) is 0 Å². The number of ether oxygens (including phenoxy) is 5. The molecule has 0 saturated carbocycles. The molecular weight excluding hydrogens is 937 g/mol. The van der Waals surface area contributed by atoms with Crippen molar-refractivity contribution in [3.05, 3.63) is 0 Å². The fourth-order valence-corrected chi connectivity index (χ4v) is 11.7. The van der Waals surface area contributed by atoms with E-state index in [1.165, 1.54) is 334 Å². The van der Waals surface area contributed by atoms with E-state index < -0.39 is 12.4 Å². The van der Waals surface area contributed by atoms with Crippen molar-refractivity contribution in [2.45, 2.75) is 418 Å². The van der Waals surface area contributed by atoms with Crippen LogP contribution in [0.2, 0.25) is 0 Å². The summed E-state index contributed by atoms with van der Waals surface area (Å²) in [7, 11) is 0. The van der Waals surface area contributed by atoms with E-state index in [0.29, 0.717) is 26.4 Å². The van der Waals surface area contributed by atoms with Crippen molar-refractivity contribution in [1.29, 1.82) is 0 Å². The predicted molar refractivity (Wildman–Crippen MR) is 332 cm³/mol. The minimum Gasteiger partial charge on any atom is -0.379 e. The minimum absolute atomic E-state index is 0.324. The fourth-order valence-electron chi connectivity index (χ4n) is 11.7. The summed E-state index contributed by atoms with van der Waals surface area (Å²) in [5.74, 6) is 0. The standard InChI is InChI=1S/C70H140O6/c1-5-9-13-17-21-25-29-33-37-41-45-49-53-57-61-72-65-66-67(73-62-58-54-50-46-42-38-34-30-26-22-18-14-10-6-2)68(74-63-59-55-51-47-43-39-35-31-27-23-19-15-11-7-3)69(70(71)76-66)75-64-60-56-52-48-44-40-36-32-28-24-20-16-12-8-4/h66-71H,5-65H2,1-4H3/t66-,67-,68+,69+,70-/m1/s1. The van der Waals surface area contributed by atoms with Crippen LogP contribution >= 0.6 is 0 Å². The lowest BCUT2D eigenvalue weighted by atomic mass is 9.98. The second-order valence-electron chi connectivity index (χ2n) is 24.5. The van der Waals surface area contributed by atoms with Gasteiger partial charge in [-0.2, -0.15) is 0 Å². The first-order valence-corrected chi connectivity index (χ1v) is 35.5. The number of hydrogen-bond donors (Lipinski definition) is 1. The van der Waals surface area contributed by atoms with E-state index in [-0.39, 0.29) is 18.3 Å². The second-order valence-corrected chi connectivity index (χ2v) is 24.5. The van der Waals surface area contributed by atoms with Crippen LogP contribution in [0, 0.1) is 0 Å². The maximum atomic E-state index is 11.7. The number of aliphatic hydroxyl groups excluding tert-OH is 1. The van der Waals surface area contributed by atoms with Crippen LogP contribution in [0.15, 0.2) is 0 Å². The normalized spacial score (nSPS) is 17.9. The van der Waals surface area contributed by atoms with Gasteiger partial charge >= 0.3 is 0 Å². The maximum absolute atomic E-state index is 11.7. The Labute approximate surface area is 477 Å². The Morgan fingerprint density at radius 3 is 0.684 bits per heavy atom. The minimum atomic E-state index is -1.05. The molecule has 0 unspecified atom stereocenters. The summed E-state index contributed by atoms with van der Waals surface area (Å²) in [4.78, 5) is 0. The molecule has 1 aliphatic heterocycles. The second kappa shape index (κ2) is 62.4. The molecule has 0 amide bonds. The van der Waals surface area contributed by atoms with Gasteiger partial charge in [-0.05, 0) is 25.7 Å². The molecule has 0 aromatic heterocycles. The van der Waals surface area contributed by atoms with Crippen LogP contribution in [-0.2, 0) is 23.7 Å². The number of rotatable bonds is 65. The monoisotopic (exact) mass is 1080 g/mol. The van der Waals surface area contributed by atoms with Crippen LogP contribution in [0.25, 0.3) is 0 Å². The van der Waals surface area contributed by atoms with Gasteiger partial charge in [0.05, 0.1) is 6.61 Å². The van der Waals surface area contributed by atoms with Gasteiger partial charge in [0.2, 0.25) is 0 Å². The molecule has 0 aliphatic carbocycles. The van der Waals surface area contributed by atoms with Gasteiger partial charge in [0, 0.05) is 26.4 Å². The molecule has 456 valence electrons. The van der Waals surface area contributed by atoms with Crippen LogP contribution in [0.4, 0.5) is 0 Å². The van der Waals surface area contributed by atoms with Gasteiger partial charge in [-0.25, -0.2) is 0 Å². The van der Waals surface area contributed by atoms with Crippen molar-refractivity contribution in [1.82, 2.24) is 0 Å². The van der Waals surface area contributed by atoms with Crippen molar-refractivity contribution in [2.24, 2.45) is 0 Å².